The Labute approximate surface area is 230 Å². The first-order chi connectivity index (χ1) is 18.8. The van der Waals surface area contributed by atoms with Gasteiger partial charge in [0, 0.05) is 29.1 Å². The highest BCUT2D eigenvalue weighted by atomic mass is 19.4. The lowest BCUT2D eigenvalue weighted by molar-refractivity contribution is -0.143. The van der Waals surface area contributed by atoms with Crippen molar-refractivity contribution in [3.63, 3.8) is 0 Å². The van der Waals surface area contributed by atoms with Crippen molar-refractivity contribution < 1.29 is 42.4 Å². The fraction of sp³-hybridized carbons (Fsp3) is 0.393. The number of nitrogens with zero attached hydrogens (tertiary/aromatic N) is 1. The normalized spacial score (nSPS) is 11.8. The molecule has 0 aliphatic carbocycles. The van der Waals surface area contributed by atoms with Crippen molar-refractivity contribution in [3.8, 4) is 22.8 Å². The molecule has 5 N–H and O–H groups in total. The molecule has 0 spiro atoms. The number of nitrogens with two attached hydrogens (primary N) is 1. The Kier molecular flexibility index (Phi) is 11.5. The number of ether oxygens (including phenoxy) is 2. The Morgan fingerprint density at radius 2 is 1.73 bits per heavy atom. The van der Waals surface area contributed by atoms with E-state index in [9.17, 15) is 22.8 Å². The number of carboxylic acid groups (broad SMARTS) is 2. The molecule has 2 aromatic carbocycles. The summed E-state index contributed by atoms with van der Waals surface area (Å²) in [6, 6.07) is 8.89. The van der Waals surface area contributed by atoms with Gasteiger partial charge in [-0.25, -0.2) is 4.98 Å². The maximum absolute atomic E-state index is 13.4. The number of alkyl halides is 3. The highest BCUT2D eigenvalue weighted by Gasteiger charge is 2.31. The molecule has 1 atom stereocenters. The van der Waals surface area contributed by atoms with Crippen LogP contribution in [0.3, 0.4) is 0 Å². The van der Waals surface area contributed by atoms with Crippen molar-refractivity contribution in [3.05, 3.63) is 47.5 Å². The average Bonchev–Trinajstić information content (AvgIpc) is 2.90. The molecule has 0 aliphatic heterocycles. The molecule has 1 unspecified atom stereocenters. The Morgan fingerprint density at radius 3 is 2.25 bits per heavy atom. The molecule has 3 aromatic rings. The van der Waals surface area contributed by atoms with Crippen LogP contribution in [-0.2, 0) is 15.8 Å². The van der Waals surface area contributed by atoms with Crippen molar-refractivity contribution in [2.75, 3.05) is 26.1 Å². The third-order valence-corrected chi connectivity index (χ3v) is 5.92. The number of pyridine rings is 1. The monoisotopic (exact) mass is 565 g/mol. The van der Waals surface area contributed by atoms with Gasteiger partial charge in [0.15, 0.2) is 0 Å². The lowest BCUT2D eigenvalue weighted by atomic mass is 9.94. The summed E-state index contributed by atoms with van der Waals surface area (Å²) in [5.41, 5.74) is 8.02. The van der Waals surface area contributed by atoms with Gasteiger partial charge in [0.25, 0.3) is 0 Å². The highest BCUT2D eigenvalue weighted by Crippen LogP contribution is 2.44. The number of hydrogen-bond donors (Lipinski definition) is 4. The van der Waals surface area contributed by atoms with E-state index in [1.54, 1.807) is 18.2 Å². The van der Waals surface area contributed by atoms with Gasteiger partial charge in [0.05, 0.1) is 43.8 Å². The SMILES string of the molecule is COc1cc(C)c2c(-c3cccc(C(F)(F)F)c3)c(OC)cc(NC(C)CCCN)c2n1.O=C(O)CCC(=O)O. The van der Waals surface area contributed by atoms with E-state index in [4.69, 9.17) is 25.4 Å². The Morgan fingerprint density at radius 1 is 1.07 bits per heavy atom. The van der Waals surface area contributed by atoms with Crippen molar-refractivity contribution in [1.82, 2.24) is 4.98 Å². The van der Waals surface area contributed by atoms with Crippen LogP contribution in [0, 0.1) is 6.92 Å². The molecule has 1 heterocycles. The van der Waals surface area contributed by atoms with E-state index in [0.717, 1.165) is 36.2 Å². The molecule has 9 nitrogen and oxygen atoms in total. The lowest BCUT2D eigenvalue weighted by Gasteiger charge is -2.21. The molecular weight excluding hydrogens is 531 g/mol. The molecule has 0 fully saturated rings. The first kappa shape index (κ1) is 32.2. The summed E-state index contributed by atoms with van der Waals surface area (Å²) in [5.74, 6) is -1.27. The van der Waals surface area contributed by atoms with Crippen LogP contribution in [0.1, 0.15) is 43.7 Å². The first-order valence-corrected chi connectivity index (χ1v) is 12.5. The number of benzene rings is 2. The topological polar surface area (TPSA) is 144 Å². The van der Waals surface area contributed by atoms with Crippen molar-refractivity contribution in [1.29, 1.82) is 0 Å². The van der Waals surface area contributed by atoms with E-state index in [0.29, 0.717) is 40.2 Å². The van der Waals surface area contributed by atoms with Crippen LogP contribution in [0.25, 0.3) is 22.0 Å². The van der Waals surface area contributed by atoms with Gasteiger partial charge in [-0.15, -0.1) is 0 Å². The second-order valence-electron chi connectivity index (χ2n) is 9.05. The van der Waals surface area contributed by atoms with Gasteiger partial charge in [-0.1, -0.05) is 12.1 Å². The number of aromatic nitrogens is 1. The predicted octanol–water partition coefficient (Wildman–Crippen LogP) is 5.72. The fourth-order valence-electron chi connectivity index (χ4n) is 4.04. The largest absolute Gasteiger partial charge is 0.496 e. The number of methoxy groups -OCH3 is 2. The van der Waals surface area contributed by atoms with Crippen molar-refractivity contribution in [2.24, 2.45) is 5.73 Å². The quantitative estimate of drug-likeness (QED) is 0.229. The van der Waals surface area contributed by atoms with E-state index in [1.807, 2.05) is 13.8 Å². The number of fused-ring (bicyclic) bond motifs is 1. The summed E-state index contributed by atoms with van der Waals surface area (Å²) in [4.78, 5) is 23.9. The lowest BCUT2D eigenvalue weighted by Crippen LogP contribution is -2.17. The number of aliphatic carboxylic acids is 2. The molecule has 40 heavy (non-hydrogen) atoms. The maximum atomic E-state index is 13.4. The number of anilines is 1. The summed E-state index contributed by atoms with van der Waals surface area (Å²) in [6.45, 7) is 4.52. The number of carboxylic acids is 2. The fourth-order valence-corrected chi connectivity index (χ4v) is 4.04. The smallest absolute Gasteiger partial charge is 0.416 e. The van der Waals surface area contributed by atoms with Crippen molar-refractivity contribution in [2.45, 2.75) is 51.7 Å². The summed E-state index contributed by atoms with van der Waals surface area (Å²) in [5, 5.41) is 20.0. The zero-order valence-corrected chi connectivity index (χ0v) is 22.8. The average molecular weight is 566 g/mol. The number of halogens is 3. The first-order valence-electron chi connectivity index (χ1n) is 12.5. The molecule has 0 aliphatic rings. The summed E-state index contributed by atoms with van der Waals surface area (Å²) in [7, 11) is 3.04. The molecule has 218 valence electrons. The van der Waals surface area contributed by atoms with Gasteiger partial charge in [-0.3, -0.25) is 9.59 Å². The van der Waals surface area contributed by atoms with Crippen LogP contribution in [0.2, 0.25) is 0 Å². The van der Waals surface area contributed by atoms with E-state index in [1.165, 1.54) is 20.3 Å². The molecule has 1 aromatic heterocycles. The molecule has 0 saturated heterocycles. The highest BCUT2D eigenvalue weighted by molar-refractivity contribution is 6.06. The van der Waals surface area contributed by atoms with E-state index in [2.05, 4.69) is 10.3 Å². The second-order valence-corrected chi connectivity index (χ2v) is 9.05. The minimum atomic E-state index is -4.45. The van der Waals surface area contributed by atoms with Gasteiger partial charge in [0.2, 0.25) is 5.88 Å². The van der Waals surface area contributed by atoms with E-state index < -0.39 is 23.7 Å². The summed E-state index contributed by atoms with van der Waals surface area (Å²) in [6.07, 6.45) is -3.32. The zero-order valence-electron chi connectivity index (χ0n) is 22.8. The summed E-state index contributed by atoms with van der Waals surface area (Å²) >= 11 is 0. The number of hydrogen-bond acceptors (Lipinski definition) is 7. The van der Waals surface area contributed by atoms with Crippen LogP contribution in [-0.4, -0.2) is 53.9 Å². The van der Waals surface area contributed by atoms with Crippen LogP contribution in [0.4, 0.5) is 18.9 Å². The molecule has 12 heteroatoms. The minimum absolute atomic E-state index is 0.110. The number of aryl methyl sites for hydroxylation is 1. The van der Waals surface area contributed by atoms with Gasteiger partial charge >= 0.3 is 18.1 Å². The maximum Gasteiger partial charge on any atom is 0.416 e. The van der Waals surface area contributed by atoms with Crippen LogP contribution in [0.15, 0.2) is 36.4 Å². The predicted molar refractivity (Wildman–Crippen MR) is 146 cm³/mol. The Bertz CT molecular complexity index is 1320. The summed E-state index contributed by atoms with van der Waals surface area (Å²) < 4.78 is 51.2. The minimum Gasteiger partial charge on any atom is -0.496 e. The van der Waals surface area contributed by atoms with E-state index >= 15 is 0 Å². The molecule has 0 bridgehead atoms. The number of carbonyl (C=O) groups is 2. The van der Waals surface area contributed by atoms with Gasteiger partial charge in [0.1, 0.15) is 5.75 Å². The molecule has 0 saturated carbocycles. The number of rotatable bonds is 11. The number of nitrogens with one attached hydrogen (secondary N) is 1. The zero-order chi connectivity index (χ0) is 30.0. The molecular formula is C28H34F3N3O6. The third-order valence-electron chi connectivity index (χ3n) is 5.92. The third kappa shape index (κ3) is 8.73. The Hall–Kier alpha value is -4.06. The second kappa shape index (κ2) is 14.4. The molecule has 0 radical (unpaired) electrons. The van der Waals surface area contributed by atoms with Gasteiger partial charge < -0.3 is 30.7 Å². The van der Waals surface area contributed by atoms with Crippen LogP contribution >= 0.6 is 0 Å². The molecule has 3 rings (SSSR count). The van der Waals surface area contributed by atoms with Gasteiger partial charge in [-0.05, 0) is 56.5 Å². The Balaban J connectivity index is 0.000000611. The van der Waals surface area contributed by atoms with E-state index in [-0.39, 0.29) is 18.9 Å². The van der Waals surface area contributed by atoms with Crippen molar-refractivity contribution >= 4 is 28.5 Å². The molecule has 0 amide bonds. The van der Waals surface area contributed by atoms with Gasteiger partial charge in [-0.2, -0.15) is 13.2 Å². The standard InChI is InChI=1S/C24H28F3N3O2.C4H6O4/c1-14-11-20(32-4)30-23-18(29-15(2)7-6-10-28)13-19(31-3)22(21(14)23)16-8-5-9-17(12-16)24(25,26)27;5-3(6)1-2-4(7)8/h5,8-9,11-13,15,29H,6-7,10,28H2,1-4H3;1-2H2,(H,5,6)(H,7,8). The van der Waals surface area contributed by atoms with Crippen LogP contribution < -0.4 is 20.5 Å². The van der Waals surface area contributed by atoms with Crippen LogP contribution in [0.5, 0.6) is 11.6 Å².